The van der Waals surface area contributed by atoms with E-state index in [1.54, 1.807) is 49.2 Å². The van der Waals surface area contributed by atoms with Crippen molar-refractivity contribution in [1.82, 2.24) is 0 Å². The van der Waals surface area contributed by atoms with E-state index in [1.165, 1.54) is 18.2 Å². The van der Waals surface area contributed by atoms with Crippen LogP contribution in [0.1, 0.15) is 21.5 Å². The molecule has 0 saturated carbocycles. The maximum atomic E-state index is 12.9. The number of nitro groups is 1. The minimum absolute atomic E-state index is 0.0305. The van der Waals surface area contributed by atoms with E-state index < -0.39 is 4.92 Å². The second-order valence-electron chi connectivity index (χ2n) is 8.25. The lowest BCUT2D eigenvalue weighted by molar-refractivity contribution is -0.384. The molecule has 5 rings (SSSR count). The van der Waals surface area contributed by atoms with Gasteiger partial charge < -0.3 is 14.8 Å². The highest BCUT2D eigenvalue weighted by atomic mass is 32.2. The normalized spacial score (nSPS) is 11.8. The number of carbonyl (C=O) groups is 1. The third kappa shape index (κ3) is 5.49. The van der Waals surface area contributed by atoms with Gasteiger partial charge in [-0.2, -0.15) is 0 Å². The number of allylic oxidation sites excluding steroid dienone is 1. The van der Waals surface area contributed by atoms with Crippen LogP contribution in [0.5, 0.6) is 11.5 Å². The van der Waals surface area contributed by atoms with E-state index in [0.717, 1.165) is 32.3 Å². The van der Waals surface area contributed by atoms with Crippen molar-refractivity contribution in [2.75, 3.05) is 12.4 Å². The van der Waals surface area contributed by atoms with Gasteiger partial charge in [-0.3, -0.25) is 14.9 Å². The first kappa shape index (κ1) is 24.1. The summed E-state index contributed by atoms with van der Waals surface area (Å²) in [6, 6.07) is 25.3. The molecule has 0 fully saturated rings. The monoisotopic (exact) mass is 510 g/mol. The Morgan fingerprint density at radius 1 is 0.946 bits per heavy atom. The average Bonchev–Trinajstić information content (AvgIpc) is 2.93. The fourth-order valence-corrected chi connectivity index (χ4v) is 4.81. The van der Waals surface area contributed by atoms with Crippen LogP contribution in [0.25, 0.3) is 6.08 Å². The van der Waals surface area contributed by atoms with E-state index in [9.17, 15) is 14.9 Å². The van der Waals surface area contributed by atoms with Crippen LogP contribution >= 0.6 is 11.8 Å². The van der Waals surface area contributed by atoms with Crippen LogP contribution in [0.2, 0.25) is 0 Å². The quantitative estimate of drug-likeness (QED) is 0.101. The highest BCUT2D eigenvalue weighted by molar-refractivity contribution is 7.99. The number of ketones is 1. The van der Waals surface area contributed by atoms with Gasteiger partial charge in [-0.15, -0.1) is 0 Å². The minimum atomic E-state index is -0.439. The summed E-state index contributed by atoms with van der Waals surface area (Å²) in [6.45, 7) is 0.233. The first-order chi connectivity index (χ1) is 18.0. The summed E-state index contributed by atoms with van der Waals surface area (Å²) in [5.74, 6) is 0.943. The molecular formula is C29H22N2O5S. The van der Waals surface area contributed by atoms with Gasteiger partial charge in [0.2, 0.25) is 0 Å². The number of nitro benzene ring substituents is 1. The molecule has 0 unspecified atom stereocenters. The lowest BCUT2D eigenvalue weighted by atomic mass is 10.1. The molecule has 1 N–H and O–H groups in total. The zero-order valence-corrected chi connectivity index (χ0v) is 20.7. The smallest absolute Gasteiger partial charge is 0.269 e. The van der Waals surface area contributed by atoms with Gasteiger partial charge in [-0.1, -0.05) is 36.0 Å². The third-order valence-electron chi connectivity index (χ3n) is 5.80. The summed E-state index contributed by atoms with van der Waals surface area (Å²) in [7, 11) is 1.54. The number of ether oxygens (including phenoxy) is 2. The molecule has 1 aliphatic rings. The largest absolute Gasteiger partial charge is 0.493 e. The van der Waals surface area contributed by atoms with Crippen LogP contribution in [-0.4, -0.2) is 17.8 Å². The number of rotatable bonds is 8. The SMILES string of the molecule is COc1cc(/C=C/C(=O)c2ccc3c(c2)Nc2ccccc2S3)ccc1OCc1ccc([N+](=O)[O-])cc1. The number of anilines is 2. The van der Waals surface area contributed by atoms with Crippen molar-refractivity contribution in [2.45, 2.75) is 16.4 Å². The minimum Gasteiger partial charge on any atom is -0.493 e. The molecule has 0 amide bonds. The second-order valence-corrected chi connectivity index (χ2v) is 9.34. The van der Waals surface area contributed by atoms with Crippen molar-refractivity contribution in [3.8, 4) is 11.5 Å². The van der Waals surface area contributed by atoms with Crippen molar-refractivity contribution < 1.29 is 19.2 Å². The number of nitrogens with zero attached hydrogens (tertiary/aromatic N) is 1. The van der Waals surface area contributed by atoms with Crippen LogP contribution in [0.4, 0.5) is 17.1 Å². The highest BCUT2D eigenvalue weighted by Crippen LogP contribution is 2.44. The zero-order chi connectivity index (χ0) is 25.8. The van der Waals surface area contributed by atoms with Crippen molar-refractivity contribution in [1.29, 1.82) is 0 Å². The molecule has 0 spiro atoms. The Morgan fingerprint density at radius 3 is 2.51 bits per heavy atom. The van der Waals surface area contributed by atoms with Gasteiger partial charge in [0.25, 0.3) is 5.69 Å². The number of hydrogen-bond donors (Lipinski definition) is 1. The molecule has 0 radical (unpaired) electrons. The van der Waals surface area contributed by atoms with Crippen LogP contribution in [0.3, 0.4) is 0 Å². The molecule has 4 aromatic rings. The van der Waals surface area contributed by atoms with Crippen molar-refractivity contribution in [3.05, 3.63) is 118 Å². The predicted octanol–water partition coefficient (Wildman–Crippen LogP) is 7.29. The lowest BCUT2D eigenvalue weighted by Gasteiger charge is -2.20. The molecule has 0 aromatic heterocycles. The maximum Gasteiger partial charge on any atom is 0.269 e. The number of methoxy groups -OCH3 is 1. The van der Waals surface area contributed by atoms with E-state index in [4.69, 9.17) is 9.47 Å². The van der Waals surface area contributed by atoms with Crippen LogP contribution in [0, 0.1) is 10.1 Å². The molecule has 8 heteroatoms. The van der Waals surface area contributed by atoms with Gasteiger partial charge in [0.15, 0.2) is 17.3 Å². The Balaban J connectivity index is 1.25. The highest BCUT2D eigenvalue weighted by Gasteiger charge is 2.16. The average molecular weight is 511 g/mol. The lowest BCUT2D eigenvalue weighted by Crippen LogP contribution is -2.02. The Labute approximate surface area is 217 Å². The number of fused-ring (bicyclic) bond motifs is 2. The molecule has 37 heavy (non-hydrogen) atoms. The van der Waals surface area contributed by atoms with Gasteiger partial charge in [0.1, 0.15) is 6.61 Å². The van der Waals surface area contributed by atoms with Crippen LogP contribution < -0.4 is 14.8 Å². The fraction of sp³-hybridized carbons (Fsp3) is 0.0690. The predicted molar refractivity (Wildman–Crippen MR) is 144 cm³/mol. The molecule has 1 aliphatic heterocycles. The molecule has 1 heterocycles. The Kier molecular flexibility index (Phi) is 6.91. The Bertz CT molecular complexity index is 1520. The number of benzene rings is 4. The van der Waals surface area contributed by atoms with Crippen molar-refractivity contribution in [3.63, 3.8) is 0 Å². The summed E-state index contributed by atoms with van der Waals surface area (Å²) < 4.78 is 11.3. The summed E-state index contributed by atoms with van der Waals surface area (Å²) in [6.07, 6.45) is 3.28. The fourth-order valence-electron chi connectivity index (χ4n) is 3.84. The van der Waals surface area contributed by atoms with Gasteiger partial charge in [-0.25, -0.2) is 0 Å². The number of hydrogen-bond acceptors (Lipinski definition) is 7. The first-order valence-electron chi connectivity index (χ1n) is 11.4. The van der Waals surface area contributed by atoms with Gasteiger partial charge in [0.05, 0.1) is 23.4 Å². The molecular weight excluding hydrogens is 488 g/mol. The molecule has 4 aromatic carbocycles. The maximum absolute atomic E-state index is 12.9. The first-order valence-corrected chi connectivity index (χ1v) is 12.3. The summed E-state index contributed by atoms with van der Waals surface area (Å²) in [5, 5.41) is 14.2. The van der Waals surface area contributed by atoms with Crippen molar-refractivity contribution >= 4 is 40.7 Å². The van der Waals surface area contributed by atoms with E-state index in [-0.39, 0.29) is 18.1 Å². The number of carbonyl (C=O) groups excluding carboxylic acids is 1. The molecule has 0 atom stereocenters. The van der Waals surface area contributed by atoms with Gasteiger partial charge in [0, 0.05) is 27.5 Å². The molecule has 0 saturated heterocycles. The molecule has 7 nitrogen and oxygen atoms in total. The van der Waals surface area contributed by atoms with E-state index in [0.29, 0.717) is 17.1 Å². The topological polar surface area (TPSA) is 90.7 Å². The molecule has 0 bridgehead atoms. The van der Waals surface area contributed by atoms with Crippen molar-refractivity contribution in [2.24, 2.45) is 0 Å². The standard InChI is InChI=1S/C29H22N2O5S/c1-35-27-16-19(9-14-26(27)36-18-20-6-11-22(12-7-20)31(33)34)8-13-25(32)21-10-15-29-24(17-21)30-23-4-2-3-5-28(23)37-29/h2-17,30H,18H2,1H3/b13-8+. The Hall–Kier alpha value is -4.56. The second kappa shape index (κ2) is 10.6. The number of para-hydroxylation sites is 1. The van der Waals surface area contributed by atoms with E-state index in [2.05, 4.69) is 11.4 Å². The van der Waals surface area contributed by atoms with Gasteiger partial charge in [-0.05, 0) is 71.8 Å². The summed E-state index contributed by atoms with van der Waals surface area (Å²) >= 11 is 1.68. The van der Waals surface area contributed by atoms with Crippen LogP contribution in [-0.2, 0) is 6.61 Å². The van der Waals surface area contributed by atoms with E-state index >= 15 is 0 Å². The summed E-state index contributed by atoms with van der Waals surface area (Å²) in [5.41, 5.74) is 4.15. The Morgan fingerprint density at radius 2 is 1.73 bits per heavy atom. The number of non-ortho nitro benzene ring substituents is 1. The molecule has 184 valence electrons. The van der Waals surface area contributed by atoms with Gasteiger partial charge >= 0.3 is 0 Å². The van der Waals surface area contributed by atoms with E-state index in [1.807, 2.05) is 42.5 Å². The summed E-state index contributed by atoms with van der Waals surface area (Å²) in [4.78, 5) is 25.5. The van der Waals surface area contributed by atoms with Crippen LogP contribution in [0.15, 0.2) is 101 Å². The zero-order valence-electron chi connectivity index (χ0n) is 19.8. The number of nitrogens with one attached hydrogen (secondary N) is 1. The molecule has 0 aliphatic carbocycles. The third-order valence-corrected chi connectivity index (χ3v) is 6.95.